The van der Waals surface area contributed by atoms with Crippen LogP contribution in [0, 0.1) is 11.6 Å². The number of aliphatic carboxylic acids is 1. The number of amides is 3. The lowest BCUT2D eigenvalue weighted by Gasteiger charge is -2.13. The SMILES string of the molecule is NC(=O)C[C@H](NC(=O)Nc1ccc(F)cc1F)C(=O)O. The van der Waals surface area contributed by atoms with E-state index < -0.39 is 42.0 Å². The number of hydrogen-bond acceptors (Lipinski definition) is 3. The zero-order chi connectivity index (χ0) is 15.3. The number of carboxylic acid groups (broad SMARTS) is 1. The summed E-state index contributed by atoms with van der Waals surface area (Å²) in [6, 6.07) is -0.182. The van der Waals surface area contributed by atoms with Gasteiger partial charge in [0.05, 0.1) is 12.1 Å². The minimum atomic E-state index is -1.55. The lowest BCUT2D eigenvalue weighted by Crippen LogP contribution is -2.45. The van der Waals surface area contributed by atoms with E-state index in [1.54, 1.807) is 0 Å². The van der Waals surface area contributed by atoms with Crippen LogP contribution in [0.5, 0.6) is 0 Å². The van der Waals surface area contributed by atoms with Gasteiger partial charge in [0.1, 0.15) is 17.7 Å². The molecule has 0 aliphatic rings. The quantitative estimate of drug-likeness (QED) is 0.626. The highest BCUT2D eigenvalue weighted by molar-refractivity contribution is 5.93. The number of nitrogens with two attached hydrogens (primary N) is 1. The van der Waals surface area contributed by atoms with Crippen molar-refractivity contribution in [2.45, 2.75) is 12.5 Å². The lowest BCUT2D eigenvalue weighted by molar-refractivity contribution is -0.140. The fourth-order valence-corrected chi connectivity index (χ4v) is 1.31. The topological polar surface area (TPSA) is 122 Å². The zero-order valence-corrected chi connectivity index (χ0v) is 10.0. The average molecular weight is 287 g/mol. The minimum Gasteiger partial charge on any atom is -0.480 e. The van der Waals surface area contributed by atoms with Crippen molar-refractivity contribution in [2.24, 2.45) is 5.73 Å². The number of urea groups is 1. The number of rotatable bonds is 5. The van der Waals surface area contributed by atoms with Crippen LogP contribution >= 0.6 is 0 Å². The summed E-state index contributed by atoms with van der Waals surface area (Å²) in [6.07, 6.45) is -0.616. The van der Waals surface area contributed by atoms with Gasteiger partial charge in [0, 0.05) is 6.07 Å². The van der Waals surface area contributed by atoms with Crippen molar-refractivity contribution in [3.05, 3.63) is 29.8 Å². The van der Waals surface area contributed by atoms with E-state index in [2.05, 4.69) is 0 Å². The molecule has 1 aromatic carbocycles. The Hall–Kier alpha value is -2.71. The van der Waals surface area contributed by atoms with Crippen LogP contribution in [0.2, 0.25) is 0 Å². The molecular weight excluding hydrogens is 276 g/mol. The molecule has 0 spiro atoms. The number of halogens is 2. The standard InChI is InChI=1S/C11H11F2N3O4/c12-5-1-2-7(6(13)3-5)15-11(20)16-8(10(18)19)4-9(14)17/h1-3,8H,4H2,(H2,14,17)(H,18,19)(H2,15,16,20)/t8-/m0/s1. The molecular formula is C11H11F2N3O4. The van der Waals surface area contributed by atoms with Crippen molar-refractivity contribution in [1.82, 2.24) is 5.32 Å². The van der Waals surface area contributed by atoms with Gasteiger partial charge in [0.2, 0.25) is 5.91 Å². The number of nitrogens with one attached hydrogen (secondary N) is 2. The van der Waals surface area contributed by atoms with Gasteiger partial charge < -0.3 is 21.5 Å². The lowest BCUT2D eigenvalue weighted by atomic mass is 10.2. The second-order valence-corrected chi connectivity index (χ2v) is 3.78. The molecule has 0 saturated carbocycles. The first kappa shape index (κ1) is 15.3. The van der Waals surface area contributed by atoms with E-state index in [9.17, 15) is 23.2 Å². The summed E-state index contributed by atoms with van der Waals surface area (Å²) in [6.45, 7) is 0. The molecule has 108 valence electrons. The van der Waals surface area contributed by atoms with Gasteiger partial charge in [-0.2, -0.15) is 0 Å². The number of carbonyl (C=O) groups excluding carboxylic acids is 2. The fraction of sp³-hybridized carbons (Fsp3) is 0.182. The fourth-order valence-electron chi connectivity index (χ4n) is 1.31. The van der Waals surface area contributed by atoms with E-state index in [-0.39, 0.29) is 5.69 Å². The van der Waals surface area contributed by atoms with Gasteiger partial charge in [-0.3, -0.25) is 4.79 Å². The average Bonchev–Trinajstić information content (AvgIpc) is 2.31. The first-order valence-electron chi connectivity index (χ1n) is 5.33. The Bertz CT molecular complexity index is 550. The van der Waals surface area contributed by atoms with Gasteiger partial charge in [0.15, 0.2) is 0 Å². The smallest absolute Gasteiger partial charge is 0.326 e. The number of benzene rings is 1. The summed E-state index contributed by atoms with van der Waals surface area (Å²) in [5.74, 6) is -4.25. The number of carbonyl (C=O) groups is 3. The maximum Gasteiger partial charge on any atom is 0.326 e. The Morgan fingerprint density at radius 1 is 1.30 bits per heavy atom. The molecule has 0 aliphatic heterocycles. The van der Waals surface area contributed by atoms with E-state index in [4.69, 9.17) is 10.8 Å². The molecule has 1 aromatic rings. The van der Waals surface area contributed by atoms with Crippen LogP contribution in [0.4, 0.5) is 19.3 Å². The molecule has 0 bridgehead atoms. The van der Waals surface area contributed by atoms with Crippen LogP contribution in [-0.2, 0) is 9.59 Å². The predicted octanol–water partition coefficient (Wildman–Crippen LogP) is 0.415. The van der Waals surface area contributed by atoms with Gasteiger partial charge in [0.25, 0.3) is 0 Å². The third kappa shape index (κ3) is 4.52. The third-order valence-corrected chi connectivity index (χ3v) is 2.19. The van der Waals surface area contributed by atoms with E-state index in [0.29, 0.717) is 6.07 Å². The molecule has 20 heavy (non-hydrogen) atoms. The van der Waals surface area contributed by atoms with E-state index >= 15 is 0 Å². The number of anilines is 1. The van der Waals surface area contributed by atoms with Crippen molar-refractivity contribution in [3.8, 4) is 0 Å². The second-order valence-electron chi connectivity index (χ2n) is 3.78. The van der Waals surface area contributed by atoms with Crippen LogP contribution in [0.15, 0.2) is 18.2 Å². The maximum atomic E-state index is 13.2. The molecule has 1 atom stereocenters. The van der Waals surface area contributed by atoms with E-state index in [1.807, 2.05) is 10.6 Å². The summed E-state index contributed by atoms with van der Waals surface area (Å²) in [5.41, 5.74) is 4.48. The van der Waals surface area contributed by atoms with Crippen molar-refractivity contribution in [1.29, 1.82) is 0 Å². The summed E-state index contributed by atoms with van der Waals surface area (Å²) in [5, 5.41) is 12.7. The molecule has 0 fully saturated rings. The largest absolute Gasteiger partial charge is 0.480 e. The molecule has 0 unspecified atom stereocenters. The van der Waals surface area contributed by atoms with Crippen molar-refractivity contribution < 1.29 is 28.3 Å². The summed E-state index contributed by atoms with van der Waals surface area (Å²) in [7, 11) is 0. The van der Waals surface area contributed by atoms with Gasteiger partial charge in [-0.25, -0.2) is 18.4 Å². The molecule has 0 radical (unpaired) electrons. The number of primary amides is 1. The predicted molar refractivity (Wildman–Crippen MR) is 63.7 cm³/mol. The monoisotopic (exact) mass is 287 g/mol. The molecule has 3 amide bonds. The van der Waals surface area contributed by atoms with Crippen LogP contribution in [0.1, 0.15) is 6.42 Å². The van der Waals surface area contributed by atoms with Gasteiger partial charge in [-0.05, 0) is 12.1 Å². The first-order valence-corrected chi connectivity index (χ1v) is 5.33. The van der Waals surface area contributed by atoms with Crippen molar-refractivity contribution >= 4 is 23.6 Å². The maximum absolute atomic E-state index is 13.2. The van der Waals surface area contributed by atoms with E-state index in [0.717, 1.165) is 12.1 Å². The summed E-state index contributed by atoms with van der Waals surface area (Å²) in [4.78, 5) is 32.8. The third-order valence-electron chi connectivity index (χ3n) is 2.19. The summed E-state index contributed by atoms with van der Waals surface area (Å²) >= 11 is 0. The molecule has 0 aromatic heterocycles. The van der Waals surface area contributed by atoms with Crippen LogP contribution in [-0.4, -0.2) is 29.1 Å². The zero-order valence-electron chi connectivity index (χ0n) is 10.0. The molecule has 0 heterocycles. The second kappa shape index (κ2) is 6.45. The molecule has 1 rings (SSSR count). The molecule has 7 nitrogen and oxygen atoms in total. The molecule has 0 saturated heterocycles. The Balaban J connectivity index is 2.70. The normalized spacial score (nSPS) is 11.5. The first-order chi connectivity index (χ1) is 9.29. The highest BCUT2D eigenvalue weighted by atomic mass is 19.1. The highest BCUT2D eigenvalue weighted by Crippen LogP contribution is 2.14. The van der Waals surface area contributed by atoms with E-state index in [1.165, 1.54) is 0 Å². The van der Waals surface area contributed by atoms with Gasteiger partial charge in [-0.15, -0.1) is 0 Å². The Labute approximate surface area is 111 Å². The number of carboxylic acids is 1. The van der Waals surface area contributed by atoms with Crippen LogP contribution in [0.25, 0.3) is 0 Å². The Morgan fingerprint density at radius 3 is 2.45 bits per heavy atom. The van der Waals surface area contributed by atoms with Crippen molar-refractivity contribution in [3.63, 3.8) is 0 Å². The van der Waals surface area contributed by atoms with Gasteiger partial charge in [-0.1, -0.05) is 0 Å². The van der Waals surface area contributed by atoms with Crippen molar-refractivity contribution in [2.75, 3.05) is 5.32 Å². The Morgan fingerprint density at radius 2 is 1.95 bits per heavy atom. The summed E-state index contributed by atoms with van der Waals surface area (Å²) < 4.78 is 25.9. The highest BCUT2D eigenvalue weighted by Gasteiger charge is 2.22. The van der Waals surface area contributed by atoms with Crippen LogP contribution < -0.4 is 16.4 Å². The molecule has 5 N–H and O–H groups in total. The molecule has 0 aliphatic carbocycles. The van der Waals surface area contributed by atoms with Gasteiger partial charge >= 0.3 is 12.0 Å². The Kier molecular flexibility index (Phi) is 4.95. The molecule has 9 heteroatoms. The minimum absolute atomic E-state index is 0.341. The van der Waals surface area contributed by atoms with Crippen LogP contribution in [0.3, 0.4) is 0 Å². The number of hydrogen-bond donors (Lipinski definition) is 4.